The van der Waals surface area contributed by atoms with Crippen LogP contribution in [0.1, 0.15) is 65.2 Å². The second-order valence-corrected chi connectivity index (χ2v) is 8.39. The molecule has 3 rings (SSSR count). The lowest BCUT2D eigenvalue weighted by atomic mass is 9.63. The van der Waals surface area contributed by atoms with Crippen LogP contribution in [-0.2, 0) is 9.53 Å². The van der Waals surface area contributed by atoms with E-state index in [0.29, 0.717) is 11.0 Å². The van der Waals surface area contributed by atoms with Crippen molar-refractivity contribution >= 4 is 21.9 Å². The van der Waals surface area contributed by atoms with Gasteiger partial charge >= 0.3 is 5.97 Å². The molecule has 0 N–H and O–H groups in total. The number of carbonyl (C=O) groups excluding carboxylic acids is 1. The second kappa shape index (κ2) is 6.74. The molecule has 2 aliphatic carbocycles. The van der Waals surface area contributed by atoms with Crippen LogP contribution in [0.15, 0.2) is 22.7 Å². The molecule has 0 bridgehead atoms. The van der Waals surface area contributed by atoms with Gasteiger partial charge in [-0.3, -0.25) is 0 Å². The Morgan fingerprint density at radius 1 is 1.39 bits per heavy atom. The highest BCUT2D eigenvalue weighted by atomic mass is 79.9. The largest absolute Gasteiger partial charge is 0.458 e. The number of ether oxygens (including phenoxy) is 1. The van der Waals surface area contributed by atoms with Crippen LogP contribution in [0.4, 0.5) is 0 Å². The molecular formula is C20H29BrO2. The van der Waals surface area contributed by atoms with Crippen molar-refractivity contribution in [3.05, 3.63) is 22.7 Å². The molecular weight excluding hydrogens is 352 g/mol. The number of esters is 1. The van der Waals surface area contributed by atoms with Crippen molar-refractivity contribution in [1.82, 2.24) is 0 Å². The molecule has 128 valence electrons. The van der Waals surface area contributed by atoms with Gasteiger partial charge in [-0.1, -0.05) is 41.9 Å². The van der Waals surface area contributed by atoms with Gasteiger partial charge in [-0.15, -0.1) is 0 Å². The van der Waals surface area contributed by atoms with Crippen LogP contribution in [0.2, 0.25) is 0 Å². The van der Waals surface area contributed by atoms with Gasteiger partial charge in [-0.2, -0.15) is 0 Å². The second-order valence-electron chi connectivity index (χ2n) is 7.93. The summed E-state index contributed by atoms with van der Waals surface area (Å²) in [5, 5.41) is 0. The van der Waals surface area contributed by atoms with Gasteiger partial charge in [0.15, 0.2) is 0 Å². The smallest absolute Gasteiger partial charge is 0.334 e. The normalized spacial score (nSPS) is 42.1. The average Bonchev–Trinajstić information content (AvgIpc) is 3.01. The van der Waals surface area contributed by atoms with Crippen LogP contribution in [0, 0.1) is 23.2 Å². The van der Waals surface area contributed by atoms with Crippen LogP contribution >= 0.6 is 15.9 Å². The fraction of sp³-hybridized carbons (Fsp3) is 0.750. The molecule has 3 fully saturated rings. The molecule has 0 amide bonds. The molecule has 1 heterocycles. The third-order valence-corrected chi connectivity index (χ3v) is 7.55. The number of rotatable bonds is 4. The molecule has 0 aromatic rings. The first kappa shape index (κ1) is 17.3. The van der Waals surface area contributed by atoms with E-state index < -0.39 is 0 Å². The van der Waals surface area contributed by atoms with Gasteiger partial charge in [0.2, 0.25) is 0 Å². The molecule has 0 aromatic carbocycles. The molecule has 3 heteroatoms. The van der Waals surface area contributed by atoms with Gasteiger partial charge in [-0.25, -0.2) is 4.79 Å². The van der Waals surface area contributed by atoms with E-state index in [1.54, 1.807) is 5.57 Å². The Labute approximate surface area is 148 Å². The van der Waals surface area contributed by atoms with Crippen molar-refractivity contribution in [3.63, 3.8) is 0 Å². The van der Waals surface area contributed by atoms with E-state index in [1.807, 2.05) is 0 Å². The first-order valence-corrected chi connectivity index (χ1v) is 10.1. The predicted octanol–water partition coefficient (Wildman–Crippen LogP) is 5.77. The summed E-state index contributed by atoms with van der Waals surface area (Å²) in [7, 11) is 0. The number of carbonyl (C=O) groups is 1. The predicted molar refractivity (Wildman–Crippen MR) is 97.2 cm³/mol. The molecule has 2 saturated carbocycles. The number of allylic oxidation sites excluding steroid dienone is 1. The van der Waals surface area contributed by atoms with E-state index in [9.17, 15) is 4.79 Å². The Balaban J connectivity index is 1.65. The summed E-state index contributed by atoms with van der Waals surface area (Å²) in [6, 6.07) is 0. The minimum Gasteiger partial charge on any atom is -0.458 e. The van der Waals surface area contributed by atoms with E-state index in [4.69, 9.17) is 4.74 Å². The zero-order valence-corrected chi connectivity index (χ0v) is 16.0. The average molecular weight is 381 g/mol. The van der Waals surface area contributed by atoms with E-state index in [1.165, 1.54) is 38.5 Å². The summed E-state index contributed by atoms with van der Waals surface area (Å²) in [5.74, 6) is 1.58. The molecule has 5 unspecified atom stereocenters. The topological polar surface area (TPSA) is 26.3 Å². The maximum Gasteiger partial charge on any atom is 0.334 e. The number of hydrogen-bond acceptors (Lipinski definition) is 2. The lowest BCUT2D eigenvalue weighted by Crippen LogP contribution is -2.33. The SMILES string of the molecule is C=C1C(=O)OC(CCC2CCC3/C(=C/Br)CCCC23C)C1CC. The van der Waals surface area contributed by atoms with Gasteiger partial charge in [0.05, 0.1) is 0 Å². The quantitative estimate of drug-likeness (QED) is 0.457. The fourth-order valence-corrected chi connectivity index (χ4v) is 6.11. The Bertz CT molecular complexity index is 524. The van der Waals surface area contributed by atoms with Crippen LogP contribution in [0.25, 0.3) is 0 Å². The zero-order chi connectivity index (χ0) is 16.6. The molecule has 0 spiro atoms. The molecule has 5 atom stereocenters. The van der Waals surface area contributed by atoms with Crippen LogP contribution in [-0.4, -0.2) is 12.1 Å². The Morgan fingerprint density at radius 3 is 2.87 bits per heavy atom. The van der Waals surface area contributed by atoms with Crippen molar-refractivity contribution in [2.24, 2.45) is 23.2 Å². The standard InChI is InChI=1S/C20H29BrO2/c1-4-16-13(2)19(22)23-18(16)10-8-15-7-9-17-14(12-21)6-5-11-20(15,17)3/h12,15-18H,2,4-11H2,1,3H3/b14-12+. The number of cyclic esters (lactones) is 1. The van der Waals surface area contributed by atoms with E-state index in [-0.39, 0.29) is 18.0 Å². The highest BCUT2D eigenvalue weighted by Gasteiger charge is 2.49. The van der Waals surface area contributed by atoms with E-state index in [2.05, 4.69) is 41.3 Å². The first-order valence-electron chi connectivity index (χ1n) is 9.20. The summed E-state index contributed by atoms with van der Waals surface area (Å²) in [6.07, 6.45) is 9.78. The van der Waals surface area contributed by atoms with E-state index in [0.717, 1.165) is 24.7 Å². The Kier molecular flexibility index (Phi) is 5.06. The lowest BCUT2D eigenvalue weighted by Gasteiger charge is -2.42. The first-order chi connectivity index (χ1) is 11.0. The minimum absolute atomic E-state index is 0.0671. The lowest BCUT2D eigenvalue weighted by molar-refractivity contribution is -0.139. The van der Waals surface area contributed by atoms with Crippen molar-refractivity contribution < 1.29 is 9.53 Å². The van der Waals surface area contributed by atoms with Gasteiger partial charge in [0.1, 0.15) is 6.10 Å². The summed E-state index contributed by atoms with van der Waals surface area (Å²) >= 11 is 3.59. The molecule has 3 aliphatic rings. The van der Waals surface area contributed by atoms with Crippen molar-refractivity contribution in [2.45, 2.75) is 71.3 Å². The molecule has 1 saturated heterocycles. The van der Waals surface area contributed by atoms with Gasteiger partial charge in [0, 0.05) is 11.5 Å². The Hall–Kier alpha value is -0.570. The van der Waals surface area contributed by atoms with Crippen molar-refractivity contribution in [3.8, 4) is 0 Å². The van der Waals surface area contributed by atoms with Crippen molar-refractivity contribution in [1.29, 1.82) is 0 Å². The number of fused-ring (bicyclic) bond motifs is 1. The molecule has 23 heavy (non-hydrogen) atoms. The Morgan fingerprint density at radius 2 is 2.17 bits per heavy atom. The summed E-state index contributed by atoms with van der Waals surface area (Å²) in [4.78, 5) is 14.0. The van der Waals surface area contributed by atoms with Crippen LogP contribution in [0.3, 0.4) is 0 Å². The maximum atomic E-state index is 11.8. The molecule has 0 radical (unpaired) electrons. The van der Waals surface area contributed by atoms with Gasteiger partial charge < -0.3 is 4.74 Å². The summed E-state index contributed by atoms with van der Waals surface area (Å²) in [5.41, 5.74) is 2.75. The molecule has 1 aliphatic heterocycles. The van der Waals surface area contributed by atoms with Gasteiger partial charge in [-0.05, 0) is 73.6 Å². The molecule has 2 nitrogen and oxygen atoms in total. The number of halogens is 1. The minimum atomic E-state index is -0.167. The van der Waals surface area contributed by atoms with Crippen molar-refractivity contribution in [2.75, 3.05) is 0 Å². The zero-order valence-electron chi connectivity index (χ0n) is 14.4. The van der Waals surface area contributed by atoms with Crippen LogP contribution in [0.5, 0.6) is 0 Å². The monoisotopic (exact) mass is 380 g/mol. The van der Waals surface area contributed by atoms with E-state index >= 15 is 0 Å². The number of hydrogen-bond donors (Lipinski definition) is 0. The maximum absolute atomic E-state index is 11.8. The fourth-order valence-electron chi connectivity index (χ4n) is 5.56. The third kappa shape index (κ3) is 2.94. The highest BCUT2D eigenvalue weighted by Crippen LogP contribution is 2.59. The third-order valence-electron chi connectivity index (χ3n) is 6.96. The highest BCUT2D eigenvalue weighted by molar-refractivity contribution is 9.11. The van der Waals surface area contributed by atoms with Crippen LogP contribution < -0.4 is 0 Å². The summed E-state index contributed by atoms with van der Waals surface area (Å²) < 4.78 is 5.59. The molecule has 0 aromatic heterocycles. The van der Waals surface area contributed by atoms with Gasteiger partial charge in [0.25, 0.3) is 0 Å². The summed E-state index contributed by atoms with van der Waals surface area (Å²) in [6.45, 7) is 8.56.